The Morgan fingerprint density at radius 2 is 2.00 bits per heavy atom. The van der Waals surface area contributed by atoms with Crippen LogP contribution >= 0.6 is 0 Å². The second-order valence-electron chi connectivity index (χ2n) is 7.71. The van der Waals surface area contributed by atoms with Crippen molar-refractivity contribution in [1.82, 2.24) is 9.80 Å². The van der Waals surface area contributed by atoms with E-state index in [1.165, 1.54) is 0 Å². The van der Waals surface area contributed by atoms with Crippen LogP contribution in [0.4, 0.5) is 0 Å². The van der Waals surface area contributed by atoms with Crippen LogP contribution < -0.4 is 0 Å². The molecule has 1 atom stereocenters. The molecule has 3 rings (SSSR count). The summed E-state index contributed by atoms with van der Waals surface area (Å²) < 4.78 is 5.44. The summed E-state index contributed by atoms with van der Waals surface area (Å²) >= 11 is 0. The van der Waals surface area contributed by atoms with E-state index in [-0.39, 0.29) is 23.8 Å². The first kappa shape index (κ1) is 18.9. The third-order valence-corrected chi connectivity index (χ3v) is 5.55. The van der Waals surface area contributed by atoms with Gasteiger partial charge in [0.15, 0.2) is 0 Å². The van der Waals surface area contributed by atoms with Gasteiger partial charge in [0.2, 0.25) is 11.8 Å². The Balaban J connectivity index is 1.62. The van der Waals surface area contributed by atoms with Crippen molar-refractivity contribution in [2.24, 2.45) is 5.41 Å². The van der Waals surface area contributed by atoms with E-state index in [2.05, 4.69) is 12.1 Å². The first-order chi connectivity index (χ1) is 12.6. The predicted molar refractivity (Wildman–Crippen MR) is 100 cm³/mol. The summed E-state index contributed by atoms with van der Waals surface area (Å²) in [6.45, 7) is 5.82. The van der Waals surface area contributed by atoms with Crippen molar-refractivity contribution in [2.45, 2.75) is 45.6 Å². The van der Waals surface area contributed by atoms with E-state index in [9.17, 15) is 9.59 Å². The van der Waals surface area contributed by atoms with Crippen LogP contribution in [0.15, 0.2) is 30.3 Å². The molecule has 0 radical (unpaired) electrons. The van der Waals surface area contributed by atoms with Gasteiger partial charge in [0, 0.05) is 44.6 Å². The van der Waals surface area contributed by atoms with Gasteiger partial charge >= 0.3 is 0 Å². The van der Waals surface area contributed by atoms with Gasteiger partial charge in [0.25, 0.3) is 0 Å². The maximum atomic E-state index is 12.5. The normalized spacial score (nSPS) is 23.5. The summed E-state index contributed by atoms with van der Waals surface area (Å²) in [7, 11) is 0. The van der Waals surface area contributed by atoms with Crippen molar-refractivity contribution in [3.05, 3.63) is 35.9 Å². The van der Waals surface area contributed by atoms with Crippen LogP contribution in [0.1, 0.15) is 44.6 Å². The van der Waals surface area contributed by atoms with Crippen molar-refractivity contribution in [3.8, 4) is 0 Å². The number of ether oxygens (including phenoxy) is 1. The molecule has 0 aliphatic carbocycles. The lowest BCUT2D eigenvalue weighted by Crippen LogP contribution is -2.55. The summed E-state index contributed by atoms with van der Waals surface area (Å²) in [5.41, 5.74) is 1.20. The Kier molecular flexibility index (Phi) is 6.30. The zero-order valence-electron chi connectivity index (χ0n) is 15.8. The molecule has 0 bridgehead atoms. The van der Waals surface area contributed by atoms with E-state index >= 15 is 0 Å². The Labute approximate surface area is 156 Å². The Morgan fingerprint density at radius 1 is 1.19 bits per heavy atom. The van der Waals surface area contributed by atoms with Gasteiger partial charge in [-0.3, -0.25) is 9.59 Å². The Hall–Kier alpha value is -1.88. The summed E-state index contributed by atoms with van der Waals surface area (Å²) in [5.74, 6) is 0.318. The second-order valence-corrected chi connectivity index (χ2v) is 7.71. The van der Waals surface area contributed by atoms with E-state index in [1.54, 1.807) is 0 Å². The summed E-state index contributed by atoms with van der Waals surface area (Å²) in [6.07, 6.45) is 4.49. The molecule has 2 fully saturated rings. The molecule has 1 aromatic carbocycles. The number of carbonyl (C=O) groups excluding carboxylic acids is 2. The molecular weight excluding hydrogens is 328 g/mol. The average molecular weight is 358 g/mol. The van der Waals surface area contributed by atoms with Gasteiger partial charge in [-0.2, -0.15) is 0 Å². The molecule has 0 N–H and O–H groups in total. The minimum atomic E-state index is 0.0430. The minimum absolute atomic E-state index is 0.0430. The Morgan fingerprint density at radius 3 is 2.77 bits per heavy atom. The smallest absolute Gasteiger partial charge is 0.248 e. The van der Waals surface area contributed by atoms with Crippen LogP contribution in [0.2, 0.25) is 0 Å². The molecule has 0 saturated carbocycles. The van der Waals surface area contributed by atoms with Crippen LogP contribution in [0, 0.1) is 5.41 Å². The third-order valence-electron chi connectivity index (χ3n) is 5.55. The van der Waals surface area contributed by atoms with Gasteiger partial charge in [-0.05, 0) is 31.2 Å². The molecular formula is C21H30N2O3. The molecule has 142 valence electrons. The predicted octanol–water partition coefficient (Wildman–Crippen LogP) is 2.84. The van der Waals surface area contributed by atoms with Crippen LogP contribution in [-0.2, 0) is 20.9 Å². The number of amides is 2. The van der Waals surface area contributed by atoms with Crippen molar-refractivity contribution in [2.75, 3.05) is 32.8 Å². The quantitative estimate of drug-likeness (QED) is 0.735. The van der Waals surface area contributed by atoms with Gasteiger partial charge < -0.3 is 14.5 Å². The minimum Gasteiger partial charge on any atom is -0.372 e. The summed E-state index contributed by atoms with van der Waals surface area (Å²) in [4.78, 5) is 28.8. The lowest BCUT2D eigenvalue weighted by atomic mass is 9.73. The maximum Gasteiger partial charge on any atom is 0.248 e. The number of carbonyl (C=O) groups is 2. The number of rotatable bonds is 6. The highest BCUT2D eigenvalue weighted by molar-refractivity contribution is 5.78. The van der Waals surface area contributed by atoms with Crippen LogP contribution in [-0.4, -0.2) is 54.5 Å². The fourth-order valence-electron chi connectivity index (χ4n) is 4.20. The largest absolute Gasteiger partial charge is 0.372 e. The number of nitrogens with zero attached hydrogens (tertiary/aromatic N) is 2. The fourth-order valence-corrected chi connectivity index (χ4v) is 4.20. The number of piperidine rings is 2. The highest BCUT2D eigenvalue weighted by atomic mass is 16.5. The molecule has 2 saturated heterocycles. The van der Waals surface area contributed by atoms with Crippen molar-refractivity contribution in [1.29, 1.82) is 0 Å². The molecule has 2 aliphatic heterocycles. The molecule has 26 heavy (non-hydrogen) atoms. The van der Waals surface area contributed by atoms with Crippen molar-refractivity contribution >= 4 is 11.8 Å². The monoisotopic (exact) mass is 358 g/mol. The molecule has 0 unspecified atom stereocenters. The second kappa shape index (κ2) is 8.67. The van der Waals surface area contributed by atoms with Gasteiger partial charge in [-0.25, -0.2) is 0 Å². The number of likely N-dealkylation sites (tertiary alicyclic amines) is 2. The maximum absolute atomic E-state index is 12.5. The zero-order chi connectivity index (χ0) is 18.4. The number of hydrogen-bond acceptors (Lipinski definition) is 3. The van der Waals surface area contributed by atoms with Crippen molar-refractivity contribution < 1.29 is 14.3 Å². The van der Waals surface area contributed by atoms with Crippen molar-refractivity contribution in [3.63, 3.8) is 0 Å². The molecule has 2 aliphatic rings. The van der Waals surface area contributed by atoms with E-state index in [0.29, 0.717) is 19.6 Å². The molecule has 2 amide bonds. The molecule has 5 heteroatoms. The first-order valence-electron chi connectivity index (χ1n) is 9.79. The molecule has 0 aromatic heterocycles. The van der Waals surface area contributed by atoms with Gasteiger partial charge in [-0.1, -0.05) is 37.3 Å². The molecule has 2 heterocycles. The highest BCUT2D eigenvalue weighted by Crippen LogP contribution is 2.39. The number of benzene rings is 1. The van der Waals surface area contributed by atoms with Gasteiger partial charge in [0.1, 0.15) is 6.61 Å². The van der Waals surface area contributed by atoms with Crippen LogP contribution in [0.3, 0.4) is 0 Å². The van der Waals surface area contributed by atoms with E-state index in [1.807, 2.05) is 34.9 Å². The van der Waals surface area contributed by atoms with Gasteiger partial charge in [0.05, 0.1) is 0 Å². The average Bonchev–Trinajstić information content (AvgIpc) is 2.66. The topological polar surface area (TPSA) is 49.9 Å². The standard InChI is InChI=1S/C21H30N2O3/c1-2-13-26-15-20(25)22-12-6-10-21(16-22)11-9-19(24)23(17-21)14-18-7-4-3-5-8-18/h3-5,7-8H,2,6,9-17H2,1H3/t21-/m0/s1. The lowest BCUT2D eigenvalue weighted by Gasteiger charge is -2.48. The molecule has 1 aromatic rings. The first-order valence-corrected chi connectivity index (χ1v) is 9.79. The Bertz CT molecular complexity index is 619. The SMILES string of the molecule is CCCOCC(=O)N1CCC[C@]2(CCC(=O)N(Cc3ccccc3)C2)C1. The molecule has 1 spiro atoms. The third kappa shape index (κ3) is 4.64. The van der Waals surface area contributed by atoms with Crippen LogP contribution in [0.25, 0.3) is 0 Å². The summed E-state index contributed by atoms with van der Waals surface area (Å²) in [6, 6.07) is 10.1. The zero-order valence-corrected chi connectivity index (χ0v) is 15.8. The van der Waals surface area contributed by atoms with E-state index < -0.39 is 0 Å². The number of hydrogen-bond donors (Lipinski definition) is 0. The van der Waals surface area contributed by atoms with Gasteiger partial charge in [-0.15, -0.1) is 0 Å². The lowest BCUT2D eigenvalue weighted by molar-refractivity contribution is -0.145. The highest BCUT2D eigenvalue weighted by Gasteiger charge is 2.42. The fraction of sp³-hybridized carbons (Fsp3) is 0.619. The molecule has 5 nitrogen and oxygen atoms in total. The van der Waals surface area contributed by atoms with E-state index in [0.717, 1.165) is 50.9 Å². The van der Waals surface area contributed by atoms with E-state index in [4.69, 9.17) is 4.74 Å². The summed E-state index contributed by atoms with van der Waals surface area (Å²) in [5, 5.41) is 0. The van der Waals surface area contributed by atoms with Crippen LogP contribution in [0.5, 0.6) is 0 Å².